The number of amides is 1. The van der Waals surface area contributed by atoms with E-state index in [-0.39, 0.29) is 5.91 Å². The molecular weight excluding hydrogens is 226 g/mol. The Morgan fingerprint density at radius 2 is 1.67 bits per heavy atom. The minimum atomic E-state index is 0.0359. The minimum absolute atomic E-state index is 0.0359. The first-order chi connectivity index (χ1) is 8.59. The largest absolute Gasteiger partial charge is 0.466 e. The average Bonchev–Trinajstić information content (AvgIpc) is 2.52. The molecule has 1 aliphatic carbocycles. The molecule has 0 radical (unpaired) electrons. The van der Waals surface area contributed by atoms with E-state index < -0.39 is 0 Å². The first kappa shape index (κ1) is 13.2. The molecule has 1 aromatic rings. The summed E-state index contributed by atoms with van der Waals surface area (Å²) in [6.45, 7) is 5.72. The van der Waals surface area contributed by atoms with E-state index in [4.69, 9.17) is 4.42 Å². The Morgan fingerprint density at radius 1 is 1.06 bits per heavy atom. The molecule has 0 unspecified atom stereocenters. The second-order valence-electron chi connectivity index (χ2n) is 5.38. The predicted molar refractivity (Wildman–Crippen MR) is 71.9 cm³/mol. The van der Waals surface area contributed by atoms with Gasteiger partial charge in [0, 0.05) is 11.6 Å². The Kier molecular flexibility index (Phi) is 4.10. The molecule has 2 rings (SSSR count). The van der Waals surface area contributed by atoms with E-state index in [9.17, 15) is 4.79 Å². The van der Waals surface area contributed by atoms with Crippen LogP contribution in [0.15, 0.2) is 4.42 Å². The molecule has 1 amide bonds. The van der Waals surface area contributed by atoms with E-state index in [0.29, 0.717) is 6.04 Å². The van der Waals surface area contributed by atoms with Crippen molar-refractivity contribution in [2.24, 2.45) is 0 Å². The van der Waals surface area contributed by atoms with Crippen molar-refractivity contribution < 1.29 is 9.21 Å². The highest BCUT2D eigenvalue weighted by Gasteiger charge is 2.21. The van der Waals surface area contributed by atoms with Gasteiger partial charge in [-0.15, -0.1) is 0 Å². The van der Waals surface area contributed by atoms with E-state index in [1.807, 2.05) is 20.8 Å². The Hall–Kier alpha value is -1.25. The molecule has 3 heteroatoms. The zero-order valence-electron chi connectivity index (χ0n) is 11.6. The third kappa shape index (κ3) is 2.77. The number of aryl methyl sites for hydroxylation is 2. The quantitative estimate of drug-likeness (QED) is 0.813. The molecular formula is C15H23NO2. The number of rotatable bonds is 2. The highest BCUT2D eigenvalue weighted by Crippen LogP contribution is 2.22. The fraction of sp³-hybridized carbons (Fsp3) is 0.667. The predicted octanol–water partition coefficient (Wildman–Crippen LogP) is 3.66. The second kappa shape index (κ2) is 5.59. The highest BCUT2D eigenvalue weighted by molar-refractivity contribution is 5.97. The van der Waals surface area contributed by atoms with E-state index in [1.165, 1.54) is 25.7 Å². The maximum Gasteiger partial charge on any atom is 0.255 e. The van der Waals surface area contributed by atoms with Gasteiger partial charge < -0.3 is 9.73 Å². The summed E-state index contributed by atoms with van der Waals surface area (Å²) in [5, 5.41) is 3.17. The van der Waals surface area contributed by atoms with Crippen LogP contribution < -0.4 is 5.32 Å². The van der Waals surface area contributed by atoms with Crippen molar-refractivity contribution >= 4 is 5.91 Å². The van der Waals surface area contributed by atoms with Crippen LogP contribution >= 0.6 is 0 Å². The molecule has 1 aromatic heterocycles. The maximum atomic E-state index is 12.3. The van der Waals surface area contributed by atoms with Crippen LogP contribution in [-0.4, -0.2) is 11.9 Å². The molecule has 3 nitrogen and oxygen atoms in total. The van der Waals surface area contributed by atoms with Gasteiger partial charge in [-0.1, -0.05) is 25.7 Å². The van der Waals surface area contributed by atoms with Crippen LogP contribution in [0.25, 0.3) is 0 Å². The van der Waals surface area contributed by atoms with E-state index in [0.717, 1.165) is 35.5 Å². The number of hydrogen-bond acceptors (Lipinski definition) is 2. The Labute approximate surface area is 109 Å². The lowest BCUT2D eigenvalue weighted by Gasteiger charge is -2.16. The van der Waals surface area contributed by atoms with Crippen LogP contribution in [0.4, 0.5) is 0 Å². The first-order valence-electron chi connectivity index (χ1n) is 6.97. The Bertz CT molecular complexity index is 426. The highest BCUT2D eigenvalue weighted by atomic mass is 16.3. The van der Waals surface area contributed by atoms with Crippen LogP contribution in [-0.2, 0) is 0 Å². The van der Waals surface area contributed by atoms with Crippen molar-refractivity contribution in [2.75, 3.05) is 0 Å². The lowest BCUT2D eigenvalue weighted by atomic mass is 10.1. The molecule has 1 aliphatic rings. The number of hydrogen-bond donors (Lipinski definition) is 1. The molecule has 0 spiro atoms. The van der Waals surface area contributed by atoms with Gasteiger partial charge in [-0.3, -0.25) is 4.79 Å². The standard InChI is InChI=1S/C15H23NO2/c1-10-11(2)18-12(3)14(10)15(17)16-13-8-6-4-5-7-9-13/h13H,4-9H2,1-3H3,(H,16,17). The SMILES string of the molecule is Cc1oc(C)c(C(=O)NC2CCCCCC2)c1C. The summed E-state index contributed by atoms with van der Waals surface area (Å²) in [4.78, 5) is 12.3. The molecule has 18 heavy (non-hydrogen) atoms. The number of nitrogens with one attached hydrogen (secondary N) is 1. The van der Waals surface area contributed by atoms with Gasteiger partial charge in [0.05, 0.1) is 5.56 Å². The van der Waals surface area contributed by atoms with Gasteiger partial charge in [-0.25, -0.2) is 0 Å². The molecule has 0 saturated heterocycles. The molecule has 1 heterocycles. The third-order valence-electron chi connectivity index (χ3n) is 3.98. The number of carbonyl (C=O) groups is 1. The molecule has 100 valence electrons. The van der Waals surface area contributed by atoms with Crippen molar-refractivity contribution in [1.82, 2.24) is 5.32 Å². The van der Waals surface area contributed by atoms with Crippen molar-refractivity contribution in [3.63, 3.8) is 0 Å². The van der Waals surface area contributed by atoms with Crippen molar-refractivity contribution in [3.8, 4) is 0 Å². The molecule has 0 atom stereocenters. The molecule has 0 bridgehead atoms. The molecule has 0 aromatic carbocycles. The van der Waals surface area contributed by atoms with Gasteiger partial charge in [-0.2, -0.15) is 0 Å². The summed E-state index contributed by atoms with van der Waals surface area (Å²) in [5.74, 6) is 1.61. The molecule has 1 fully saturated rings. The summed E-state index contributed by atoms with van der Waals surface area (Å²) < 4.78 is 5.52. The van der Waals surface area contributed by atoms with Crippen LogP contribution in [0.5, 0.6) is 0 Å². The lowest BCUT2D eigenvalue weighted by molar-refractivity contribution is 0.0931. The fourth-order valence-electron chi connectivity index (χ4n) is 2.81. The van der Waals surface area contributed by atoms with Crippen molar-refractivity contribution in [1.29, 1.82) is 0 Å². The zero-order chi connectivity index (χ0) is 13.1. The van der Waals surface area contributed by atoms with E-state index in [1.54, 1.807) is 0 Å². The zero-order valence-corrected chi connectivity index (χ0v) is 11.6. The van der Waals surface area contributed by atoms with Crippen LogP contribution in [0.2, 0.25) is 0 Å². The Balaban J connectivity index is 2.06. The van der Waals surface area contributed by atoms with Gasteiger partial charge in [0.2, 0.25) is 0 Å². The van der Waals surface area contributed by atoms with Gasteiger partial charge in [0.25, 0.3) is 5.91 Å². The average molecular weight is 249 g/mol. The van der Waals surface area contributed by atoms with Gasteiger partial charge in [-0.05, 0) is 33.6 Å². The first-order valence-corrected chi connectivity index (χ1v) is 6.97. The lowest BCUT2D eigenvalue weighted by Crippen LogP contribution is -2.34. The van der Waals surface area contributed by atoms with E-state index >= 15 is 0 Å². The smallest absolute Gasteiger partial charge is 0.255 e. The fourth-order valence-corrected chi connectivity index (χ4v) is 2.81. The van der Waals surface area contributed by atoms with Crippen LogP contribution in [0.1, 0.15) is 66.0 Å². The normalized spacial score (nSPS) is 17.5. The third-order valence-corrected chi connectivity index (χ3v) is 3.98. The monoisotopic (exact) mass is 249 g/mol. The topological polar surface area (TPSA) is 42.2 Å². The summed E-state index contributed by atoms with van der Waals surface area (Å²) in [7, 11) is 0. The number of carbonyl (C=O) groups excluding carboxylic acids is 1. The molecule has 0 aliphatic heterocycles. The van der Waals surface area contributed by atoms with Crippen molar-refractivity contribution in [2.45, 2.75) is 65.3 Å². The van der Waals surface area contributed by atoms with E-state index in [2.05, 4.69) is 5.32 Å². The van der Waals surface area contributed by atoms with Crippen LogP contribution in [0, 0.1) is 20.8 Å². The van der Waals surface area contributed by atoms with Gasteiger partial charge >= 0.3 is 0 Å². The van der Waals surface area contributed by atoms with Gasteiger partial charge in [0.1, 0.15) is 11.5 Å². The molecule has 1 saturated carbocycles. The minimum Gasteiger partial charge on any atom is -0.466 e. The Morgan fingerprint density at radius 3 is 2.17 bits per heavy atom. The second-order valence-corrected chi connectivity index (χ2v) is 5.38. The summed E-state index contributed by atoms with van der Waals surface area (Å²) in [6, 6.07) is 0.342. The van der Waals surface area contributed by atoms with Crippen molar-refractivity contribution in [3.05, 3.63) is 22.6 Å². The van der Waals surface area contributed by atoms with Crippen LogP contribution in [0.3, 0.4) is 0 Å². The summed E-state index contributed by atoms with van der Waals surface area (Å²) in [6.07, 6.45) is 7.28. The maximum absolute atomic E-state index is 12.3. The molecule has 1 N–H and O–H groups in total. The number of furan rings is 1. The van der Waals surface area contributed by atoms with Gasteiger partial charge in [0.15, 0.2) is 0 Å². The summed E-state index contributed by atoms with van der Waals surface area (Å²) in [5.41, 5.74) is 1.70. The summed E-state index contributed by atoms with van der Waals surface area (Å²) >= 11 is 0.